The second-order valence-electron chi connectivity index (χ2n) is 3.34. The van der Waals surface area contributed by atoms with E-state index in [0.29, 0.717) is 0 Å². The van der Waals surface area contributed by atoms with Crippen molar-refractivity contribution in [1.82, 2.24) is 4.98 Å². The smallest absolute Gasteiger partial charge is 0.141 e. The highest BCUT2D eigenvalue weighted by Gasteiger charge is 2.01. The Morgan fingerprint density at radius 2 is 2.20 bits per heavy atom. The molecule has 3 aromatic rings. The molecule has 3 rings (SSSR count). The number of nitrogens with zero attached hydrogens (tertiary/aromatic N) is 1. The van der Waals surface area contributed by atoms with Crippen LogP contribution in [0.2, 0.25) is 0 Å². The Balaban J connectivity index is 2.19. The van der Waals surface area contributed by atoms with Gasteiger partial charge >= 0.3 is 0 Å². The summed E-state index contributed by atoms with van der Waals surface area (Å²) in [6.45, 7) is 0. The maximum absolute atomic E-state index is 5.24. The number of pyridine rings is 1. The molecule has 2 heteroatoms. The van der Waals surface area contributed by atoms with Crippen molar-refractivity contribution in [2.24, 2.45) is 0 Å². The van der Waals surface area contributed by atoms with Gasteiger partial charge < -0.3 is 4.42 Å². The number of aromatic nitrogens is 1. The largest absolute Gasteiger partial charge is 0.464 e. The summed E-state index contributed by atoms with van der Waals surface area (Å²) in [6.07, 6.45) is 5.28. The number of benzene rings is 1. The summed E-state index contributed by atoms with van der Waals surface area (Å²) in [6, 6.07) is 13.0. The van der Waals surface area contributed by atoms with Crippen LogP contribution in [0.4, 0.5) is 0 Å². The highest BCUT2D eigenvalue weighted by atomic mass is 16.3. The van der Waals surface area contributed by atoms with E-state index >= 15 is 0 Å². The van der Waals surface area contributed by atoms with E-state index < -0.39 is 0 Å². The van der Waals surface area contributed by atoms with E-state index in [4.69, 9.17) is 4.42 Å². The Bertz CT molecular complexity index is 584. The molecule has 0 atom stereocenters. The van der Waals surface area contributed by atoms with Crippen LogP contribution >= 0.6 is 0 Å². The summed E-state index contributed by atoms with van der Waals surface area (Å²) < 4.78 is 5.24. The van der Waals surface area contributed by atoms with Gasteiger partial charge in [0.2, 0.25) is 0 Å². The predicted molar refractivity (Wildman–Crippen MR) is 58.3 cm³/mol. The van der Waals surface area contributed by atoms with Gasteiger partial charge in [-0.05, 0) is 29.8 Å². The lowest BCUT2D eigenvalue weighted by molar-refractivity contribution is 0.615. The minimum atomic E-state index is 0.794. The van der Waals surface area contributed by atoms with Crippen LogP contribution in [0.3, 0.4) is 0 Å². The fraction of sp³-hybridized carbons (Fsp3) is 0. The first-order valence-corrected chi connectivity index (χ1v) is 4.73. The molecule has 71 valence electrons. The summed E-state index contributed by atoms with van der Waals surface area (Å²) in [5.41, 5.74) is 3.00. The normalized spacial score (nSPS) is 10.7. The molecular weight excluding hydrogens is 186 g/mol. The lowest BCUT2D eigenvalue weighted by Crippen LogP contribution is -1.78. The molecule has 0 N–H and O–H groups in total. The minimum absolute atomic E-state index is 0.794. The van der Waals surface area contributed by atoms with E-state index in [9.17, 15) is 0 Å². The Hall–Kier alpha value is -2.09. The minimum Gasteiger partial charge on any atom is -0.464 e. The van der Waals surface area contributed by atoms with Gasteiger partial charge in [0, 0.05) is 29.4 Å². The maximum atomic E-state index is 5.24. The van der Waals surface area contributed by atoms with E-state index in [0.717, 1.165) is 22.1 Å². The van der Waals surface area contributed by atoms with Crippen molar-refractivity contribution in [3.05, 3.63) is 55.1 Å². The Labute approximate surface area is 87.2 Å². The van der Waals surface area contributed by atoms with Gasteiger partial charge in [0.1, 0.15) is 5.58 Å². The zero-order chi connectivity index (χ0) is 10.1. The van der Waals surface area contributed by atoms with Gasteiger partial charge in [-0.15, -0.1) is 0 Å². The molecule has 0 bridgehead atoms. The number of hydrogen-bond acceptors (Lipinski definition) is 2. The fourth-order valence-electron chi connectivity index (χ4n) is 1.60. The topological polar surface area (TPSA) is 26.0 Å². The van der Waals surface area contributed by atoms with Gasteiger partial charge in [0.25, 0.3) is 0 Å². The van der Waals surface area contributed by atoms with Crippen LogP contribution in [-0.2, 0) is 0 Å². The van der Waals surface area contributed by atoms with Crippen LogP contribution in [0, 0.1) is 6.07 Å². The van der Waals surface area contributed by atoms with Crippen LogP contribution in [0.15, 0.2) is 53.4 Å². The number of hydrogen-bond donors (Lipinski definition) is 0. The molecule has 0 aliphatic rings. The van der Waals surface area contributed by atoms with Gasteiger partial charge in [0.05, 0.1) is 6.26 Å². The number of fused-ring (bicyclic) bond motifs is 1. The van der Waals surface area contributed by atoms with Gasteiger partial charge in [-0.2, -0.15) is 0 Å². The average molecular weight is 194 g/mol. The number of furan rings is 1. The lowest BCUT2D eigenvalue weighted by Gasteiger charge is -1.99. The summed E-state index contributed by atoms with van der Waals surface area (Å²) in [5, 5.41) is 1.07. The molecule has 0 spiro atoms. The third kappa shape index (κ3) is 1.40. The van der Waals surface area contributed by atoms with Gasteiger partial charge in [-0.1, -0.05) is 6.07 Å². The van der Waals surface area contributed by atoms with Crippen LogP contribution in [0.25, 0.3) is 22.1 Å². The summed E-state index contributed by atoms with van der Waals surface area (Å²) in [7, 11) is 0. The molecule has 2 aromatic heterocycles. The predicted octanol–water partition coefficient (Wildman–Crippen LogP) is 3.29. The first-order chi connectivity index (χ1) is 7.43. The van der Waals surface area contributed by atoms with Crippen molar-refractivity contribution in [2.45, 2.75) is 0 Å². The van der Waals surface area contributed by atoms with Crippen LogP contribution in [0.1, 0.15) is 0 Å². The maximum Gasteiger partial charge on any atom is 0.141 e. The van der Waals surface area contributed by atoms with Crippen LogP contribution in [-0.4, -0.2) is 4.98 Å². The van der Waals surface area contributed by atoms with Crippen LogP contribution < -0.4 is 0 Å². The molecule has 0 aliphatic heterocycles. The van der Waals surface area contributed by atoms with E-state index in [1.165, 1.54) is 0 Å². The quantitative estimate of drug-likeness (QED) is 0.594. The van der Waals surface area contributed by atoms with E-state index in [2.05, 4.69) is 17.1 Å². The highest BCUT2D eigenvalue weighted by molar-refractivity contribution is 5.82. The van der Waals surface area contributed by atoms with Gasteiger partial charge in [-0.25, -0.2) is 0 Å². The van der Waals surface area contributed by atoms with Crippen molar-refractivity contribution in [2.75, 3.05) is 0 Å². The Morgan fingerprint density at radius 3 is 3.07 bits per heavy atom. The standard InChI is InChI=1S/C13H8NO/c1-2-12(9-14-6-1)10-3-4-13-11(8-10)5-7-15-13/h1-3,5-9H. The average Bonchev–Trinajstić information content (AvgIpc) is 2.77. The van der Waals surface area contributed by atoms with E-state index in [1.54, 1.807) is 12.5 Å². The van der Waals surface area contributed by atoms with Crippen molar-refractivity contribution in [3.63, 3.8) is 0 Å². The van der Waals surface area contributed by atoms with Crippen molar-refractivity contribution in [1.29, 1.82) is 0 Å². The Kier molecular flexibility index (Phi) is 1.78. The molecule has 1 aromatic carbocycles. The van der Waals surface area contributed by atoms with Crippen LogP contribution in [0.5, 0.6) is 0 Å². The highest BCUT2D eigenvalue weighted by Crippen LogP contribution is 2.23. The third-order valence-corrected chi connectivity index (χ3v) is 2.36. The molecule has 0 aliphatic carbocycles. The molecule has 0 fully saturated rings. The lowest BCUT2D eigenvalue weighted by atomic mass is 10.1. The third-order valence-electron chi connectivity index (χ3n) is 2.36. The molecule has 0 saturated carbocycles. The fourth-order valence-corrected chi connectivity index (χ4v) is 1.60. The van der Waals surface area contributed by atoms with Crippen molar-refractivity contribution >= 4 is 11.0 Å². The van der Waals surface area contributed by atoms with E-state index in [1.807, 2.05) is 30.5 Å². The van der Waals surface area contributed by atoms with Crippen molar-refractivity contribution < 1.29 is 4.42 Å². The van der Waals surface area contributed by atoms with Crippen molar-refractivity contribution in [3.8, 4) is 11.1 Å². The summed E-state index contributed by atoms with van der Waals surface area (Å²) >= 11 is 0. The molecule has 2 heterocycles. The number of rotatable bonds is 1. The molecule has 15 heavy (non-hydrogen) atoms. The van der Waals surface area contributed by atoms with Gasteiger partial charge in [-0.3, -0.25) is 4.98 Å². The SMILES string of the molecule is [c]1cc(-c2cccnc2)cc2ccoc12. The Morgan fingerprint density at radius 1 is 1.20 bits per heavy atom. The second-order valence-corrected chi connectivity index (χ2v) is 3.34. The molecule has 0 saturated heterocycles. The molecule has 0 unspecified atom stereocenters. The van der Waals surface area contributed by atoms with E-state index in [-0.39, 0.29) is 0 Å². The molecular formula is C13H8NO. The molecule has 2 nitrogen and oxygen atoms in total. The first kappa shape index (κ1) is 8.24. The monoisotopic (exact) mass is 194 g/mol. The molecule has 1 radical (unpaired) electrons. The first-order valence-electron chi connectivity index (χ1n) is 4.73. The zero-order valence-electron chi connectivity index (χ0n) is 7.97. The second kappa shape index (κ2) is 3.24. The summed E-state index contributed by atoms with van der Waals surface area (Å²) in [5.74, 6) is 0. The molecule has 0 amide bonds. The van der Waals surface area contributed by atoms with Gasteiger partial charge in [0.15, 0.2) is 0 Å². The summed E-state index contributed by atoms with van der Waals surface area (Å²) in [4.78, 5) is 4.09. The zero-order valence-corrected chi connectivity index (χ0v) is 7.97.